The van der Waals surface area contributed by atoms with Crippen LogP contribution in [0.1, 0.15) is 12.0 Å². The molecule has 0 spiro atoms. The van der Waals surface area contributed by atoms with E-state index < -0.39 is 0 Å². The Morgan fingerprint density at radius 3 is 2.50 bits per heavy atom. The molecule has 2 aliphatic heterocycles. The summed E-state index contributed by atoms with van der Waals surface area (Å²) in [4.78, 5) is 35.5. The van der Waals surface area contributed by atoms with Gasteiger partial charge in [0.15, 0.2) is 0 Å². The van der Waals surface area contributed by atoms with E-state index in [4.69, 9.17) is 0 Å². The lowest BCUT2D eigenvalue weighted by atomic mass is 10.1. The molecule has 2 saturated heterocycles. The predicted molar refractivity (Wildman–Crippen MR) is 100 cm³/mol. The van der Waals surface area contributed by atoms with E-state index in [0.29, 0.717) is 5.69 Å². The Kier molecular flexibility index (Phi) is 4.42. The molecule has 2 aliphatic rings. The van der Waals surface area contributed by atoms with Gasteiger partial charge in [-0.15, -0.1) is 0 Å². The second-order valence-corrected chi connectivity index (χ2v) is 6.84. The Bertz CT molecular complexity index is 816. The average Bonchev–Trinajstić information content (AvgIpc) is 2.97. The highest BCUT2D eigenvalue weighted by atomic mass is 16.2. The van der Waals surface area contributed by atoms with Crippen molar-refractivity contribution in [1.29, 1.82) is 0 Å². The number of pyridine rings is 1. The molecule has 4 rings (SSSR count). The van der Waals surface area contributed by atoms with Crippen LogP contribution in [0.5, 0.6) is 0 Å². The summed E-state index contributed by atoms with van der Waals surface area (Å²) in [5.74, 6) is 0.743. The minimum Gasteiger partial charge on any atom is -0.354 e. The van der Waals surface area contributed by atoms with Crippen LogP contribution in [0.15, 0.2) is 48.7 Å². The second-order valence-electron chi connectivity index (χ2n) is 6.84. The Labute approximate surface area is 153 Å². The Hall–Kier alpha value is -2.73. The van der Waals surface area contributed by atoms with Crippen LogP contribution in [0.4, 0.5) is 11.5 Å². The second kappa shape index (κ2) is 6.88. The van der Waals surface area contributed by atoms with Gasteiger partial charge in [-0.2, -0.15) is 0 Å². The molecule has 0 aliphatic carbocycles. The maximum absolute atomic E-state index is 12.9. The molecule has 0 unspecified atom stereocenters. The number of anilines is 2. The summed E-state index contributed by atoms with van der Waals surface area (Å²) in [7, 11) is 0. The lowest BCUT2D eigenvalue weighted by Crippen LogP contribution is -2.52. The fraction of sp³-hybridized carbons (Fsp3) is 0.350. The number of nitrogens with zero attached hydrogens (tertiary/aromatic N) is 4. The van der Waals surface area contributed by atoms with Crippen molar-refractivity contribution in [2.75, 3.05) is 36.0 Å². The number of hydrogen-bond donors (Lipinski definition) is 0. The minimum absolute atomic E-state index is 0.105. The number of benzene rings is 1. The van der Waals surface area contributed by atoms with Crippen LogP contribution in [0.25, 0.3) is 0 Å². The molecule has 1 aromatic carbocycles. The average molecular weight is 350 g/mol. The van der Waals surface area contributed by atoms with Crippen molar-refractivity contribution in [2.24, 2.45) is 0 Å². The molecule has 1 aromatic heterocycles. The van der Waals surface area contributed by atoms with Crippen LogP contribution < -0.4 is 9.80 Å². The van der Waals surface area contributed by atoms with Crippen molar-refractivity contribution < 1.29 is 9.59 Å². The molecule has 0 saturated carbocycles. The predicted octanol–water partition coefficient (Wildman–Crippen LogP) is 1.84. The van der Waals surface area contributed by atoms with Gasteiger partial charge in [-0.05, 0) is 36.8 Å². The third kappa shape index (κ3) is 3.08. The summed E-state index contributed by atoms with van der Waals surface area (Å²) in [6.07, 6.45) is 2.05. The van der Waals surface area contributed by atoms with E-state index in [-0.39, 0.29) is 24.3 Å². The number of hydrogen-bond acceptors (Lipinski definition) is 5. The van der Waals surface area contributed by atoms with E-state index >= 15 is 0 Å². The van der Waals surface area contributed by atoms with Crippen LogP contribution in [0, 0.1) is 6.92 Å². The number of piperazine rings is 1. The first kappa shape index (κ1) is 16.7. The van der Waals surface area contributed by atoms with Gasteiger partial charge < -0.3 is 4.90 Å². The highest BCUT2D eigenvalue weighted by Gasteiger charge is 2.43. The van der Waals surface area contributed by atoms with Gasteiger partial charge >= 0.3 is 0 Å². The van der Waals surface area contributed by atoms with Crippen molar-refractivity contribution >= 4 is 23.3 Å². The first-order chi connectivity index (χ1) is 12.6. The van der Waals surface area contributed by atoms with E-state index in [1.54, 1.807) is 6.20 Å². The summed E-state index contributed by atoms with van der Waals surface area (Å²) in [6, 6.07) is 13.1. The molecule has 0 bridgehead atoms. The number of rotatable bonds is 3. The van der Waals surface area contributed by atoms with Gasteiger partial charge in [0.25, 0.3) is 5.91 Å². The van der Waals surface area contributed by atoms with Crippen molar-refractivity contribution in [3.05, 3.63) is 54.2 Å². The van der Waals surface area contributed by atoms with E-state index in [0.717, 1.165) is 37.6 Å². The van der Waals surface area contributed by atoms with Crippen molar-refractivity contribution in [3.63, 3.8) is 0 Å². The zero-order chi connectivity index (χ0) is 18.1. The third-order valence-corrected chi connectivity index (χ3v) is 5.11. The number of carbonyl (C=O) groups is 2. The molecule has 1 atom stereocenters. The van der Waals surface area contributed by atoms with Crippen molar-refractivity contribution in [3.8, 4) is 0 Å². The highest BCUT2D eigenvalue weighted by Crippen LogP contribution is 2.27. The maximum atomic E-state index is 12.9. The number of carbonyl (C=O) groups excluding carboxylic acids is 2. The zero-order valence-corrected chi connectivity index (χ0v) is 14.8. The van der Waals surface area contributed by atoms with Crippen LogP contribution in [-0.2, 0) is 9.59 Å². The van der Waals surface area contributed by atoms with E-state index in [2.05, 4.69) is 14.8 Å². The molecule has 2 amide bonds. The lowest BCUT2D eigenvalue weighted by Gasteiger charge is -2.37. The van der Waals surface area contributed by atoms with Gasteiger partial charge in [-0.3, -0.25) is 14.5 Å². The highest BCUT2D eigenvalue weighted by molar-refractivity contribution is 6.22. The molecule has 6 heteroatoms. The Morgan fingerprint density at radius 1 is 1.00 bits per heavy atom. The smallest absolute Gasteiger partial charge is 0.251 e. The summed E-state index contributed by atoms with van der Waals surface area (Å²) in [5, 5.41) is 0. The van der Waals surface area contributed by atoms with Crippen LogP contribution >= 0.6 is 0 Å². The standard InChI is InChI=1S/C20H22N4O2/c1-15-5-4-6-16(13-15)24-19(25)14-17(20(24)26)22-9-11-23(12-10-22)18-7-2-3-8-21-18/h2-8,13,17H,9-12,14H2,1H3/t17-/m1/s1. The van der Waals surface area contributed by atoms with Gasteiger partial charge in [0.1, 0.15) is 5.82 Å². The molecular formula is C20H22N4O2. The topological polar surface area (TPSA) is 56.8 Å². The van der Waals surface area contributed by atoms with E-state index in [9.17, 15) is 9.59 Å². The fourth-order valence-electron chi connectivity index (χ4n) is 3.74. The van der Waals surface area contributed by atoms with Gasteiger partial charge in [0.2, 0.25) is 5.91 Å². The van der Waals surface area contributed by atoms with Gasteiger partial charge in [-0.1, -0.05) is 18.2 Å². The number of amides is 2. The first-order valence-corrected chi connectivity index (χ1v) is 8.97. The van der Waals surface area contributed by atoms with Gasteiger partial charge in [0, 0.05) is 32.4 Å². The molecular weight excluding hydrogens is 328 g/mol. The summed E-state index contributed by atoms with van der Waals surface area (Å²) in [6.45, 7) is 5.07. The van der Waals surface area contributed by atoms with Gasteiger partial charge in [-0.25, -0.2) is 9.88 Å². The SMILES string of the molecule is Cc1cccc(N2C(=O)C[C@@H](N3CCN(c4ccccn4)CC3)C2=O)c1. The van der Waals surface area contributed by atoms with Crippen molar-refractivity contribution in [1.82, 2.24) is 9.88 Å². The molecule has 6 nitrogen and oxygen atoms in total. The summed E-state index contributed by atoms with van der Waals surface area (Å²) in [5.41, 5.74) is 1.71. The van der Waals surface area contributed by atoms with Crippen LogP contribution in [0.2, 0.25) is 0 Å². The quantitative estimate of drug-likeness (QED) is 0.791. The molecule has 134 valence electrons. The molecule has 3 heterocycles. The Balaban J connectivity index is 1.45. The van der Waals surface area contributed by atoms with Crippen molar-refractivity contribution in [2.45, 2.75) is 19.4 Å². The van der Waals surface area contributed by atoms with Crippen LogP contribution in [0.3, 0.4) is 0 Å². The first-order valence-electron chi connectivity index (χ1n) is 8.97. The maximum Gasteiger partial charge on any atom is 0.251 e. The molecule has 0 radical (unpaired) electrons. The lowest BCUT2D eigenvalue weighted by molar-refractivity contribution is -0.123. The third-order valence-electron chi connectivity index (χ3n) is 5.11. The monoisotopic (exact) mass is 350 g/mol. The summed E-state index contributed by atoms with van der Waals surface area (Å²) < 4.78 is 0. The zero-order valence-electron chi connectivity index (χ0n) is 14.8. The largest absolute Gasteiger partial charge is 0.354 e. The fourth-order valence-corrected chi connectivity index (χ4v) is 3.74. The number of aryl methyl sites for hydroxylation is 1. The summed E-state index contributed by atoms with van der Waals surface area (Å²) >= 11 is 0. The Morgan fingerprint density at radius 2 is 1.81 bits per heavy atom. The molecule has 2 fully saturated rings. The molecule has 0 N–H and O–H groups in total. The number of aromatic nitrogens is 1. The van der Waals surface area contributed by atoms with Gasteiger partial charge in [0.05, 0.1) is 18.2 Å². The van der Waals surface area contributed by atoms with E-state index in [1.165, 1.54) is 4.90 Å². The number of imide groups is 1. The molecule has 2 aromatic rings. The van der Waals surface area contributed by atoms with E-state index in [1.807, 2.05) is 49.4 Å². The van der Waals surface area contributed by atoms with Crippen LogP contribution in [-0.4, -0.2) is 53.9 Å². The normalized spacial score (nSPS) is 21.5. The minimum atomic E-state index is -0.353. The molecule has 26 heavy (non-hydrogen) atoms.